The van der Waals surface area contributed by atoms with Gasteiger partial charge in [0.15, 0.2) is 0 Å². The summed E-state index contributed by atoms with van der Waals surface area (Å²) in [5, 5.41) is 0. The zero-order chi connectivity index (χ0) is 22.9. The van der Waals surface area contributed by atoms with Gasteiger partial charge < -0.3 is 4.90 Å². The molecule has 2 aromatic rings. The molecule has 0 N–H and O–H groups in total. The smallest absolute Gasteiger partial charge is 0.228 e. The van der Waals surface area contributed by atoms with Crippen molar-refractivity contribution in [2.45, 2.75) is 71.0 Å². The van der Waals surface area contributed by atoms with E-state index in [1.54, 1.807) is 6.92 Å². The van der Waals surface area contributed by atoms with Gasteiger partial charge in [-0.25, -0.2) is 9.97 Å². The van der Waals surface area contributed by atoms with Crippen molar-refractivity contribution in [3.05, 3.63) is 53.0 Å². The third-order valence-corrected chi connectivity index (χ3v) is 7.51. The number of piperidine rings is 1. The molecule has 2 amide bonds. The second kappa shape index (κ2) is 9.21. The summed E-state index contributed by atoms with van der Waals surface area (Å²) in [7, 11) is 0. The highest BCUT2D eigenvalue weighted by atomic mass is 16.2. The van der Waals surface area contributed by atoms with E-state index in [9.17, 15) is 9.59 Å². The highest BCUT2D eigenvalue weighted by Gasteiger charge is 2.37. The first-order chi connectivity index (χ1) is 16.0. The number of amides is 2. The standard InChI is InChI=1S/C26H33N5O2/c1-18-22-10-11-24(33)31(17-20-7-4-3-5-8-20)26(22)28-25(27-18)23-9-6-14-30(23)21-12-15-29(16-13-21)19(2)32/h3-5,7-8,21,23H,6,9-17H2,1-2H3. The molecule has 1 atom stereocenters. The number of hydrogen-bond donors (Lipinski definition) is 0. The van der Waals surface area contributed by atoms with Gasteiger partial charge in [-0.2, -0.15) is 0 Å². The Morgan fingerprint density at radius 2 is 1.79 bits per heavy atom. The van der Waals surface area contributed by atoms with Crippen molar-refractivity contribution in [3.8, 4) is 0 Å². The molecule has 0 aliphatic carbocycles. The lowest BCUT2D eigenvalue weighted by molar-refractivity contribution is -0.130. The summed E-state index contributed by atoms with van der Waals surface area (Å²) in [6.45, 7) is 6.96. The minimum absolute atomic E-state index is 0.135. The van der Waals surface area contributed by atoms with E-state index in [-0.39, 0.29) is 17.9 Å². The average Bonchev–Trinajstić information content (AvgIpc) is 3.31. The van der Waals surface area contributed by atoms with Crippen LogP contribution in [0, 0.1) is 6.92 Å². The molecule has 7 heteroatoms. The van der Waals surface area contributed by atoms with Crippen LogP contribution in [0.5, 0.6) is 0 Å². The molecule has 3 aliphatic heterocycles. The first-order valence-corrected chi connectivity index (χ1v) is 12.2. The van der Waals surface area contributed by atoms with Gasteiger partial charge in [-0.15, -0.1) is 0 Å². The van der Waals surface area contributed by atoms with Crippen molar-refractivity contribution >= 4 is 17.6 Å². The van der Waals surface area contributed by atoms with E-state index in [0.29, 0.717) is 25.4 Å². The Morgan fingerprint density at radius 1 is 1.03 bits per heavy atom. The average molecular weight is 448 g/mol. The first-order valence-electron chi connectivity index (χ1n) is 12.2. The molecule has 2 fully saturated rings. The van der Waals surface area contributed by atoms with Gasteiger partial charge in [0.25, 0.3) is 0 Å². The largest absolute Gasteiger partial charge is 0.343 e. The predicted octanol–water partition coefficient (Wildman–Crippen LogP) is 3.41. The molecule has 5 rings (SSSR count). The van der Waals surface area contributed by atoms with Crippen LogP contribution in [0.25, 0.3) is 0 Å². The van der Waals surface area contributed by atoms with E-state index in [0.717, 1.165) is 73.8 Å². The Hall–Kier alpha value is -2.80. The molecular formula is C26H33N5O2. The van der Waals surface area contributed by atoms with Gasteiger partial charge in [-0.05, 0) is 51.1 Å². The van der Waals surface area contributed by atoms with Crippen molar-refractivity contribution in [3.63, 3.8) is 0 Å². The molecule has 7 nitrogen and oxygen atoms in total. The number of nitrogens with zero attached hydrogens (tertiary/aromatic N) is 5. The van der Waals surface area contributed by atoms with Gasteiger partial charge >= 0.3 is 0 Å². The summed E-state index contributed by atoms with van der Waals surface area (Å²) in [6.07, 6.45) is 5.38. The summed E-state index contributed by atoms with van der Waals surface area (Å²) in [6, 6.07) is 10.8. The van der Waals surface area contributed by atoms with Crippen molar-refractivity contribution < 1.29 is 9.59 Å². The number of aryl methyl sites for hydroxylation is 1. The van der Waals surface area contributed by atoms with Crippen LogP contribution in [0.1, 0.15) is 67.7 Å². The Labute approximate surface area is 195 Å². The molecule has 0 saturated carbocycles. The lowest BCUT2D eigenvalue weighted by Gasteiger charge is -2.39. The number of benzene rings is 1. The van der Waals surface area contributed by atoms with Crippen molar-refractivity contribution in [1.82, 2.24) is 19.8 Å². The number of rotatable bonds is 4. The SMILES string of the molecule is CC(=O)N1CCC(N2CCCC2c2nc(C)c3c(n2)N(Cc2ccccc2)C(=O)CC3)CC1. The molecule has 0 radical (unpaired) electrons. The predicted molar refractivity (Wildman–Crippen MR) is 127 cm³/mol. The molecular weight excluding hydrogens is 414 g/mol. The van der Waals surface area contributed by atoms with Gasteiger partial charge in [0, 0.05) is 43.7 Å². The van der Waals surface area contributed by atoms with Crippen LogP contribution >= 0.6 is 0 Å². The third-order valence-electron chi connectivity index (χ3n) is 7.51. The zero-order valence-corrected chi connectivity index (χ0v) is 19.7. The fourth-order valence-electron chi connectivity index (χ4n) is 5.70. The minimum Gasteiger partial charge on any atom is -0.343 e. The van der Waals surface area contributed by atoms with Gasteiger partial charge in [0.05, 0.1) is 12.6 Å². The maximum absolute atomic E-state index is 12.9. The lowest BCUT2D eigenvalue weighted by atomic mass is 10.0. The number of likely N-dealkylation sites (tertiary alicyclic amines) is 2. The van der Waals surface area contributed by atoms with Gasteiger partial charge in [0.1, 0.15) is 11.6 Å². The Bertz CT molecular complexity index is 1030. The van der Waals surface area contributed by atoms with Crippen molar-refractivity contribution in [2.75, 3.05) is 24.5 Å². The molecule has 1 unspecified atom stereocenters. The van der Waals surface area contributed by atoms with Crippen LogP contribution < -0.4 is 4.90 Å². The molecule has 0 spiro atoms. The topological polar surface area (TPSA) is 69.6 Å². The molecule has 2 saturated heterocycles. The second-order valence-corrected chi connectivity index (χ2v) is 9.57. The molecule has 4 heterocycles. The molecule has 3 aliphatic rings. The Kier molecular flexibility index (Phi) is 6.15. The molecule has 33 heavy (non-hydrogen) atoms. The van der Waals surface area contributed by atoms with Crippen LogP contribution in [0.15, 0.2) is 30.3 Å². The van der Waals surface area contributed by atoms with E-state index < -0.39 is 0 Å². The van der Waals surface area contributed by atoms with Crippen molar-refractivity contribution in [1.29, 1.82) is 0 Å². The van der Waals surface area contributed by atoms with Gasteiger partial charge in [-0.3, -0.25) is 19.4 Å². The van der Waals surface area contributed by atoms with Crippen LogP contribution in [0.2, 0.25) is 0 Å². The van der Waals surface area contributed by atoms with Gasteiger partial charge in [-0.1, -0.05) is 30.3 Å². The number of hydrogen-bond acceptors (Lipinski definition) is 5. The van der Waals surface area contributed by atoms with E-state index in [1.165, 1.54) is 0 Å². The second-order valence-electron chi connectivity index (χ2n) is 9.57. The maximum atomic E-state index is 12.9. The minimum atomic E-state index is 0.135. The zero-order valence-electron chi connectivity index (χ0n) is 19.7. The monoisotopic (exact) mass is 447 g/mol. The van der Waals surface area contributed by atoms with E-state index in [1.807, 2.05) is 28.0 Å². The number of aromatic nitrogens is 2. The van der Waals surface area contributed by atoms with Gasteiger partial charge in [0.2, 0.25) is 11.8 Å². The maximum Gasteiger partial charge on any atom is 0.228 e. The Balaban J connectivity index is 1.42. The van der Waals surface area contributed by atoms with E-state index in [2.05, 4.69) is 24.0 Å². The highest BCUT2D eigenvalue weighted by molar-refractivity contribution is 5.95. The third kappa shape index (κ3) is 4.38. The first kappa shape index (κ1) is 22.0. The molecule has 0 bridgehead atoms. The van der Waals surface area contributed by atoms with Crippen molar-refractivity contribution in [2.24, 2.45) is 0 Å². The van der Waals surface area contributed by atoms with Crippen LogP contribution in [-0.4, -0.2) is 57.3 Å². The van der Waals surface area contributed by atoms with E-state index >= 15 is 0 Å². The van der Waals surface area contributed by atoms with Crippen LogP contribution in [0.3, 0.4) is 0 Å². The molecule has 174 valence electrons. The van der Waals surface area contributed by atoms with Crippen LogP contribution in [-0.2, 0) is 22.6 Å². The normalized spacial score (nSPS) is 22.0. The molecule has 1 aromatic heterocycles. The number of fused-ring (bicyclic) bond motifs is 1. The summed E-state index contributed by atoms with van der Waals surface area (Å²) >= 11 is 0. The number of anilines is 1. The van der Waals surface area contributed by atoms with E-state index in [4.69, 9.17) is 9.97 Å². The highest BCUT2D eigenvalue weighted by Crippen LogP contribution is 2.37. The lowest BCUT2D eigenvalue weighted by Crippen LogP contribution is -2.46. The summed E-state index contributed by atoms with van der Waals surface area (Å²) < 4.78 is 0. The summed E-state index contributed by atoms with van der Waals surface area (Å²) in [4.78, 5) is 41.1. The summed E-state index contributed by atoms with van der Waals surface area (Å²) in [5.41, 5.74) is 3.21. The fraction of sp³-hybridized carbons (Fsp3) is 0.538. The number of carbonyl (C=O) groups excluding carboxylic acids is 2. The molecule has 1 aromatic carbocycles. The number of carbonyl (C=O) groups is 2. The Morgan fingerprint density at radius 3 is 2.52 bits per heavy atom. The summed E-state index contributed by atoms with van der Waals surface area (Å²) in [5.74, 6) is 1.96. The quantitative estimate of drug-likeness (QED) is 0.718. The van der Waals surface area contributed by atoms with Crippen LogP contribution in [0.4, 0.5) is 5.82 Å². The fourth-order valence-corrected chi connectivity index (χ4v) is 5.70.